The van der Waals surface area contributed by atoms with Gasteiger partial charge in [-0.2, -0.15) is 9.59 Å². The molecule has 0 aliphatic carbocycles. The Balaban J connectivity index is 0.00000105. The van der Waals surface area contributed by atoms with E-state index in [0.717, 1.165) is 16.9 Å². The number of ether oxygens (including phenoxy) is 2. The summed E-state index contributed by atoms with van der Waals surface area (Å²) >= 11 is 0. The highest BCUT2D eigenvalue weighted by molar-refractivity contribution is 5.93. The highest BCUT2D eigenvalue weighted by atomic mass is 16.5. The Bertz CT molecular complexity index is 785. The van der Waals surface area contributed by atoms with Crippen molar-refractivity contribution in [2.75, 3.05) is 13.7 Å². The van der Waals surface area contributed by atoms with Gasteiger partial charge in [0.15, 0.2) is 0 Å². The van der Waals surface area contributed by atoms with Crippen LogP contribution in [-0.4, -0.2) is 25.8 Å². The maximum Gasteiger partial charge on any atom is 0.373 e. The maximum atomic E-state index is 11.5. The SMILES string of the molecule is COC(=O)/C(C)=C/c1ccccc1OC/C=C/c1ccccc1.O=C=O. The molecule has 0 atom stereocenters. The molecule has 5 heteroatoms. The van der Waals surface area contributed by atoms with Gasteiger partial charge in [0.2, 0.25) is 0 Å². The molecule has 0 aromatic heterocycles. The van der Waals surface area contributed by atoms with Crippen LogP contribution in [0.25, 0.3) is 12.2 Å². The number of methoxy groups -OCH3 is 1. The van der Waals surface area contributed by atoms with E-state index in [2.05, 4.69) is 0 Å². The second-order valence-corrected chi connectivity index (χ2v) is 5.06. The first-order valence-electron chi connectivity index (χ1n) is 7.81. The number of hydrogen-bond donors (Lipinski definition) is 0. The Morgan fingerprint density at radius 3 is 2.31 bits per heavy atom. The number of hydrogen-bond acceptors (Lipinski definition) is 5. The summed E-state index contributed by atoms with van der Waals surface area (Å²) in [5, 5.41) is 0. The fourth-order valence-corrected chi connectivity index (χ4v) is 2.07. The van der Waals surface area contributed by atoms with E-state index >= 15 is 0 Å². The maximum absolute atomic E-state index is 11.5. The van der Waals surface area contributed by atoms with Crippen molar-refractivity contribution in [3.8, 4) is 5.75 Å². The van der Waals surface area contributed by atoms with Crippen molar-refractivity contribution in [2.24, 2.45) is 0 Å². The molecule has 0 bridgehead atoms. The Morgan fingerprint density at radius 2 is 1.65 bits per heavy atom. The van der Waals surface area contributed by atoms with E-state index in [4.69, 9.17) is 19.1 Å². The van der Waals surface area contributed by atoms with Crippen molar-refractivity contribution in [1.29, 1.82) is 0 Å². The molecular weight excluding hydrogens is 332 g/mol. The quantitative estimate of drug-likeness (QED) is 0.585. The van der Waals surface area contributed by atoms with Crippen molar-refractivity contribution in [2.45, 2.75) is 6.92 Å². The molecule has 0 unspecified atom stereocenters. The summed E-state index contributed by atoms with van der Waals surface area (Å²) in [6, 6.07) is 17.6. The molecular formula is C21H20O5. The monoisotopic (exact) mass is 352 g/mol. The molecule has 134 valence electrons. The molecule has 0 fully saturated rings. The first-order valence-corrected chi connectivity index (χ1v) is 7.81. The first-order chi connectivity index (χ1) is 12.6. The summed E-state index contributed by atoms with van der Waals surface area (Å²) in [5.41, 5.74) is 2.51. The van der Waals surface area contributed by atoms with Crippen LogP contribution < -0.4 is 4.74 Å². The van der Waals surface area contributed by atoms with Crippen LogP contribution in [0.15, 0.2) is 66.2 Å². The van der Waals surface area contributed by atoms with Crippen LogP contribution in [0.1, 0.15) is 18.1 Å². The number of para-hydroxylation sites is 1. The van der Waals surface area contributed by atoms with Crippen molar-refractivity contribution in [3.63, 3.8) is 0 Å². The van der Waals surface area contributed by atoms with Gasteiger partial charge >= 0.3 is 12.1 Å². The fourth-order valence-electron chi connectivity index (χ4n) is 2.07. The van der Waals surface area contributed by atoms with Gasteiger partial charge in [0.25, 0.3) is 0 Å². The number of benzene rings is 2. The normalized spacial score (nSPS) is 10.5. The second-order valence-electron chi connectivity index (χ2n) is 5.06. The van der Waals surface area contributed by atoms with Gasteiger partial charge in [-0.25, -0.2) is 4.79 Å². The molecule has 0 aliphatic rings. The van der Waals surface area contributed by atoms with Crippen LogP contribution >= 0.6 is 0 Å². The van der Waals surface area contributed by atoms with E-state index in [1.807, 2.05) is 66.7 Å². The molecule has 2 rings (SSSR count). The van der Waals surface area contributed by atoms with Crippen LogP contribution in [0, 0.1) is 0 Å². The molecule has 0 spiro atoms. The van der Waals surface area contributed by atoms with Crippen LogP contribution in [0.5, 0.6) is 5.75 Å². The number of carbonyl (C=O) groups excluding carboxylic acids is 3. The largest absolute Gasteiger partial charge is 0.489 e. The van der Waals surface area contributed by atoms with E-state index in [-0.39, 0.29) is 12.1 Å². The second kappa shape index (κ2) is 12.0. The molecule has 26 heavy (non-hydrogen) atoms. The highest BCUT2D eigenvalue weighted by Crippen LogP contribution is 2.21. The summed E-state index contributed by atoms with van der Waals surface area (Å²) in [6.07, 6.45) is 5.99. The minimum absolute atomic E-state index is 0.250. The van der Waals surface area contributed by atoms with Crippen molar-refractivity contribution in [1.82, 2.24) is 0 Å². The zero-order chi connectivity index (χ0) is 19.2. The highest BCUT2D eigenvalue weighted by Gasteiger charge is 2.06. The molecule has 0 radical (unpaired) electrons. The van der Waals surface area contributed by atoms with Crippen LogP contribution in [0.3, 0.4) is 0 Å². The average molecular weight is 352 g/mol. The van der Waals surface area contributed by atoms with Gasteiger partial charge in [-0.1, -0.05) is 54.6 Å². The lowest BCUT2D eigenvalue weighted by Crippen LogP contribution is -2.01. The predicted molar refractivity (Wildman–Crippen MR) is 98.1 cm³/mol. The Morgan fingerprint density at radius 1 is 1.04 bits per heavy atom. The fraction of sp³-hybridized carbons (Fsp3) is 0.143. The zero-order valence-corrected chi connectivity index (χ0v) is 14.7. The van der Waals surface area contributed by atoms with Gasteiger partial charge in [-0.3, -0.25) is 0 Å². The third-order valence-electron chi connectivity index (χ3n) is 3.24. The summed E-state index contributed by atoms with van der Waals surface area (Å²) in [6.45, 7) is 2.18. The van der Waals surface area contributed by atoms with Crippen LogP contribution in [0.4, 0.5) is 0 Å². The van der Waals surface area contributed by atoms with Crippen LogP contribution in [0.2, 0.25) is 0 Å². The standard InChI is InChI=1S/C20H20O3.CO2/c1-16(20(21)22-2)15-18-12-6-7-13-19(18)23-14-8-11-17-9-4-3-5-10-17;2-1-3/h3-13,15H,14H2,1-2H3;/b11-8+,16-15+;. The smallest absolute Gasteiger partial charge is 0.373 e. The third kappa shape index (κ3) is 7.43. The van der Waals surface area contributed by atoms with Gasteiger partial charge in [-0.15, -0.1) is 0 Å². The summed E-state index contributed by atoms with van der Waals surface area (Å²) in [7, 11) is 1.37. The van der Waals surface area contributed by atoms with E-state index in [9.17, 15) is 4.79 Å². The third-order valence-corrected chi connectivity index (χ3v) is 3.24. The van der Waals surface area contributed by atoms with E-state index in [1.54, 1.807) is 13.0 Å². The van der Waals surface area contributed by atoms with E-state index in [0.29, 0.717) is 12.2 Å². The average Bonchev–Trinajstić information content (AvgIpc) is 2.67. The summed E-state index contributed by atoms with van der Waals surface area (Å²) < 4.78 is 10.5. The van der Waals surface area contributed by atoms with E-state index < -0.39 is 0 Å². The topological polar surface area (TPSA) is 69.7 Å². The number of carbonyl (C=O) groups is 1. The van der Waals surface area contributed by atoms with Crippen molar-refractivity contribution < 1.29 is 23.9 Å². The van der Waals surface area contributed by atoms with Gasteiger partial charge in [0, 0.05) is 11.1 Å². The first kappa shape index (κ1) is 20.6. The molecule has 2 aromatic carbocycles. The lowest BCUT2D eigenvalue weighted by molar-refractivity contribution is -0.191. The Labute approximate surface area is 152 Å². The minimum atomic E-state index is -0.344. The number of rotatable bonds is 6. The summed E-state index contributed by atoms with van der Waals surface area (Å²) in [4.78, 5) is 27.8. The number of esters is 1. The molecule has 0 N–H and O–H groups in total. The molecule has 0 heterocycles. The molecule has 0 aliphatic heterocycles. The van der Waals surface area contributed by atoms with Gasteiger partial charge in [0.1, 0.15) is 12.4 Å². The van der Waals surface area contributed by atoms with Crippen molar-refractivity contribution >= 4 is 24.3 Å². The lowest BCUT2D eigenvalue weighted by atomic mass is 10.1. The van der Waals surface area contributed by atoms with Crippen molar-refractivity contribution in [3.05, 3.63) is 77.4 Å². The van der Waals surface area contributed by atoms with Crippen LogP contribution in [-0.2, 0) is 19.1 Å². The molecule has 2 aromatic rings. The predicted octanol–water partition coefficient (Wildman–Crippen LogP) is 3.77. The van der Waals surface area contributed by atoms with E-state index in [1.165, 1.54) is 7.11 Å². The summed E-state index contributed by atoms with van der Waals surface area (Å²) in [5.74, 6) is 0.386. The molecule has 0 amide bonds. The Hall–Kier alpha value is -3.43. The molecule has 5 nitrogen and oxygen atoms in total. The van der Waals surface area contributed by atoms with Gasteiger partial charge in [0.05, 0.1) is 7.11 Å². The minimum Gasteiger partial charge on any atom is -0.489 e. The van der Waals surface area contributed by atoms with Gasteiger partial charge < -0.3 is 9.47 Å². The molecule has 0 saturated heterocycles. The zero-order valence-electron chi connectivity index (χ0n) is 14.7. The van der Waals surface area contributed by atoms with Gasteiger partial charge in [-0.05, 0) is 30.7 Å². The lowest BCUT2D eigenvalue weighted by Gasteiger charge is -2.08. The Kier molecular flexibility index (Phi) is 9.52. The molecule has 0 saturated carbocycles.